The molecule has 1 aliphatic rings. The number of aromatic nitrogens is 1. The van der Waals surface area contributed by atoms with E-state index in [1.54, 1.807) is 43.4 Å². The lowest BCUT2D eigenvalue weighted by molar-refractivity contribution is -0.114. The summed E-state index contributed by atoms with van der Waals surface area (Å²) in [6, 6.07) is 7.99. The van der Waals surface area contributed by atoms with Crippen LogP contribution in [0, 0.1) is 5.82 Å². The number of fused-ring (bicyclic) bond motifs is 1. The van der Waals surface area contributed by atoms with Crippen LogP contribution in [0.5, 0.6) is 17.2 Å². The van der Waals surface area contributed by atoms with Crippen LogP contribution in [-0.2, 0) is 9.53 Å². The van der Waals surface area contributed by atoms with Crippen molar-refractivity contribution in [2.45, 2.75) is 6.42 Å². The maximum Gasteiger partial charge on any atom is 0.252 e. The minimum atomic E-state index is -0.329. The fourth-order valence-corrected chi connectivity index (χ4v) is 5.06. The third kappa shape index (κ3) is 7.10. The molecule has 0 unspecified atom stereocenters. The molecule has 1 aromatic heterocycles. The number of methoxy groups -OCH3 is 3. The largest absolute Gasteiger partial charge is 0.493 e. The van der Waals surface area contributed by atoms with E-state index in [0.29, 0.717) is 39.1 Å². The van der Waals surface area contributed by atoms with E-state index >= 15 is 0 Å². The molecular weight excluding hydrogens is 521 g/mol. The summed E-state index contributed by atoms with van der Waals surface area (Å²) in [6.45, 7) is 4.55. The Balaban J connectivity index is 0.00000380. The van der Waals surface area contributed by atoms with Crippen molar-refractivity contribution in [2.24, 2.45) is 0 Å². The molecule has 0 spiro atoms. The molecule has 1 aliphatic heterocycles. The average Bonchev–Trinajstić information content (AvgIpc) is 3.32. The second kappa shape index (κ2) is 13.6. The Morgan fingerprint density at radius 3 is 2.49 bits per heavy atom. The molecule has 0 radical (unpaired) electrons. The van der Waals surface area contributed by atoms with Crippen molar-refractivity contribution in [3.05, 3.63) is 47.8 Å². The molecule has 200 valence electrons. The predicted octanol–water partition coefficient (Wildman–Crippen LogP) is 4.65. The number of rotatable bonds is 10. The van der Waals surface area contributed by atoms with Crippen molar-refractivity contribution >= 4 is 51.1 Å². The lowest BCUT2D eigenvalue weighted by Gasteiger charge is -2.27. The number of thiazole rings is 1. The minimum Gasteiger partial charge on any atom is -0.493 e. The van der Waals surface area contributed by atoms with Crippen molar-refractivity contribution in [3.8, 4) is 17.2 Å². The van der Waals surface area contributed by atoms with Crippen LogP contribution in [0.3, 0.4) is 0 Å². The molecule has 2 aromatic carbocycles. The number of ether oxygens (including phenoxy) is 4. The summed E-state index contributed by atoms with van der Waals surface area (Å²) in [5.41, 5.74) is 1.38. The first kappa shape index (κ1) is 28.6. The van der Waals surface area contributed by atoms with Gasteiger partial charge in [0.1, 0.15) is 5.82 Å². The molecule has 37 heavy (non-hydrogen) atoms. The number of hydrogen-bond donors (Lipinski definition) is 0. The van der Waals surface area contributed by atoms with E-state index in [-0.39, 0.29) is 24.1 Å². The van der Waals surface area contributed by atoms with Gasteiger partial charge in [-0.3, -0.25) is 14.6 Å². The maximum absolute atomic E-state index is 13.7. The Bertz CT molecular complexity index is 1210. The van der Waals surface area contributed by atoms with Crippen molar-refractivity contribution in [2.75, 3.05) is 65.6 Å². The molecule has 0 bridgehead atoms. The average molecular weight is 552 g/mol. The zero-order chi connectivity index (χ0) is 25.5. The summed E-state index contributed by atoms with van der Waals surface area (Å²) in [4.78, 5) is 22.0. The van der Waals surface area contributed by atoms with Gasteiger partial charge in [-0.1, -0.05) is 11.3 Å². The van der Waals surface area contributed by atoms with Crippen molar-refractivity contribution in [3.63, 3.8) is 0 Å². The highest BCUT2D eigenvalue weighted by molar-refractivity contribution is 7.22. The summed E-state index contributed by atoms with van der Waals surface area (Å²) in [6.07, 6.45) is 3.98. The van der Waals surface area contributed by atoms with Crippen LogP contribution in [0.15, 0.2) is 36.4 Å². The Morgan fingerprint density at radius 1 is 1.14 bits per heavy atom. The highest BCUT2D eigenvalue weighted by Gasteiger charge is 2.20. The van der Waals surface area contributed by atoms with Crippen LogP contribution in [0.4, 0.5) is 9.52 Å². The van der Waals surface area contributed by atoms with Crippen LogP contribution in [0.1, 0.15) is 12.0 Å². The summed E-state index contributed by atoms with van der Waals surface area (Å²) in [5, 5.41) is 0.539. The molecule has 8 nitrogen and oxygen atoms in total. The lowest BCUT2D eigenvalue weighted by atomic mass is 10.1. The smallest absolute Gasteiger partial charge is 0.252 e. The van der Waals surface area contributed by atoms with E-state index in [4.69, 9.17) is 18.9 Å². The van der Waals surface area contributed by atoms with E-state index in [0.717, 1.165) is 44.8 Å². The maximum atomic E-state index is 13.7. The first-order chi connectivity index (χ1) is 17.5. The van der Waals surface area contributed by atoms with Crippen molar-refractivity contribution in [1.82, 2.24) is 9.88 Å². The van der Waals surface area contributed by atoms with Gasteiger partial charge in [-0.15, -0.1) is 12.4 Å². The highest BCUT2D eigenvalue weighted by Crippen LogP contribution is 2.38. The van der Waals surface area contributed by atoms with Crippen LogP contribution in [0.2, 0.25) is 0 Å². The highest BCUT2D eigenvalue weighted by atomic mass is 35.5. The number of carbonyl (C=O) groups is 1. The van der Waals surface area contributed by atoms with Gasteiger partial charge in [0.05, 0.1) is 44.8 Å². The van der Waals surface area contributed by atoms with Gasteiger partial charge < -0.3 is 18.9 Å². The molecule has 0 N–H and O–H groups in total. The normalized spacial score (nSPS) is 13.9. The Hall–Kier alpha value is -2.92. The molecule has 0 saturated carbocycles. The zero-order valence-electron chi connectivity index (χ0n) is 21.1. The molecule has 1 fully saturated rings. The number of halogens is 2. The molecule has 11 heteroatoms. The summed E-state index contributed by atoms with van der Waals surface area (Å²) >= 11 is 1.30. The third-order valence-electron chi connectivity index (χ3n) is 5.90. The number of amides is 1. The van der Waals surface area contributed by atoms with Gasteiger partial charge in [-0.05, 0) is 48.4 Å². The summed E-state index contributed by atoms with van der Waals surface area (Å²) < 4.78 is 36.1. The van der Waals surface area contributed by atoms with E-state index < -0.39 is 0 Å². The van der Waals surface area contributed by atoms with Crippen molar-refractivity contribution in [1.29, 1.82) is 0 Å². The van der Waals surface area contributed by atoms with Gasteiger partial charge in [0.25, 0.3) is 5.91 Å². The molecular formula is C26H31ClFN3O5S. The van der Waals surface area contributed by atoms with Crippen LogP contribution in [0.25, 0.3) is 16.3 Å². The number of carbonyl (C=O) groups excluding carboxylic acids is 1. The molecule has 2 heterocycles. The zero-order valence-corrected chi connectivity index (χ0v) is 22.7. The number of anilines is 1. The molecule has 0 aliphatic carbocycles. The molecule has 3 aromatic rings. The monoisotopic (exact) mass is 551 g/mol. The first-order valence-corrected chi connectivity index (χ1v) is 12.5. The number of benzene rings is 2. The van der Waals surface area contributed by atoms with Gasteiger partial charge in [0.2, 0.25) is 5.75 Å². The second-order valence-electron chi connectivity index (χ2n) is 8.20. The fraction of sp³-hybridized carbons (Fsp3) is 0.385. The van der Waals surface area contributed by atoms with E-state index in [2.05, 4.69) is 9.88 Å². The Morgan fingerprint density at radius 2 is 1.84 bits per heavy atom. The van der Waals surface area contributed by atoms with Crippen LogP contribution >= 0.6 is 23.7 Å². The molecule has 1 saturated heterocycles. The topological polar surface area (TPSA) is 73.4 Å². The van der Waals surface area contributed by atoms with Gasteiger partial charge >= 0.3 is 0 Å². The SMILES string of the molecule is COc1cc(/C=C/C(=O)N(CCCN2CCOCC2)c2nc3ccc(F)cc3s2)cc(OC)c1OC.Cl. The molecule has 0 atom stereocenters. The molecule has 1 amide bonds. The van der Waals surface area contributed by atoms with E-state index in [9.17, 15) is 9.18 Å². The summed E-state index contributed by atoms with van der Waals surface area (Å²) in [7, 11) is 4.63. The van der Waals surface area contributed by atoms with Crippen LogP contribution < -0.4 is 19.1 Å². The number of nitrogens with zero attached hydrogens (tertiary/aromatic N) is 3. The third-order valence-corrected chi connectivity index (χ3v) is 6.94. The first-order valence-electron chi connectivity index (χ1n) is 11.7. The number of hydrogen-bond acceptors (Lipinski definition) is 8. The van der Waals surface area contributed by atoms with E-state index in [1.807, 2.05) is 0 Å². The van der Waals surface area contributed by atoms with Gasteiger partial charge in [0.15, 0.2) is 16.6 Å². The standard InChI is InChI=1S/C26H30FN3O5S.ClH/c1-32-21-15-18(16-22(33-2)25(21)34-3)5-8-24(31)30(10-4-9-29-11-13-35-14-12-29)26-28-20-7-6-19(27)17-23(20)36-26;/h5-8,15-17H,4,9-14H2,1-3H3;1H/b8-5+;. The van der Waals surface area contributed by atoms with E-state index in [1.165, 1.54) is 36.7 Å². The predicted molar refractivity (Wildman–Crippen MR) is 146 cm³/mol. The second-order valence-corrected chi connectivity index (χ2v) is 9.21. The van der Waals surface area contributed by atoms with Gasteiger partial charge in [-0.2, -0.15) is 0 Å². The Kier molecular flexibility index (Phi) is 10.5. The lowest BCUT2D eigenvalue weighted by Crippen LogP contribution is -2.39. The van der Waals surface area contributed by atoms with Gasteiger partial charge in [-0.25, -0.2) is 9.37 Å². The quantitative estimate of drug-likeness (QED) is 0.340. The molecule has 4 rings (SSSR count). The summed E-state index contributed by atoms with van der Waals surface area (Å²) in [5.74, 6) is 0.935. The van der Waals surface area contributed by atoms with Crippen LogP contribution in [-0.4, -0.2) is 76.5 Å². The minimum absolute atomic E-state index is 0. The number of morpholine rings is 1. The Labute approximate surface area is 226 Å². The van der Waals surface area contributed by atoms with Crippen molar-refractivity contribution < 1.29 is 28.1 Å². The van der Waals surface area contributed by atoms with Gasteiger partial charge in [0, 0.05) is 32.3 Å². The fourth-order valence-electron chi connectivity index (χ4n) is 4.03.